The lowest BCUT2D eigenvalue weighted by Gasteiger charge is -2.15. The van der Waals surface area contributed by atoms with Crippen LogP contribution in [0.5, 0.6) is 5.75 Å². The van der Waals surface area contributed by atoms with Gasteiger partial charge in [-0.15, -0.1) is 0 Å². The lowest BCUT2D eigenvalue weighted by Crippen LogP contribution is -2.17. The molecule has 0 saturated carbocycles. The van der Waals surface area contributed by atoms with Crippen molar-refractivity contribution < 1.29 is 23.6 Å². The summed E-state index contributed by atoms with van der Waals surface area (Å²) in [4.78, 5) is 23.5. The molecule has 1 N–H and O–H groups in total. The van der Waals surface area contributed by atoms with E-state index >= 15 is 0 Å². The Bertz CT molecular complexity index is 1030. The van der Waals surface area contributed by atoms with Gasteiger partial charge >= 0.3 is 12.1 Å². The molecule has 0 spiro atoms. The summed E-state index contributed by atoms with van der Waals surface area (Å²) in [6.45, 7) is 4.76. The van der Waals surface area contributed by atoms with Gasteiger partial charge in [-0.25, -0.2) is 4.79 Å². The maximum Gasteiger partial charge on any atom is 0.412 e. The van der Waals surface area contributed by atoms with Gasteiger partial charge in [-0.1, -0.05) is 35.0 Å². The molecule has 0 aliphatic heterocycles. The number of carbonyl (C=O) groups excluding carboxylic acids is 2. The SMILES string of the molecule is CC(=O)Oc1ccc(-c2onc(C)c2NC(=O)O[C@H](C)c2ccccc2Cl)cc1. The number of nitrogens with zero attached hydrogens (tertiary/aromatic N) is 1. The number of carbonyl (C=O) groups is 2. The molecule has 3 aromatic rings. The third kappa shape index (κ3) is 4.94. The van der Waals surface area contributed by atoms with Gasteiger partial charge in [0.05, 0.1) is 0 Å². The van der Waals surface area contributed by atoms with Crippen molar-refractivity contribution in [1.82, 2.24) is 5.16 Å². The first-order valence-electron chi connectivity index (χ1n) is 8.82. The second-order valence-corrected chi connectivity index (χ2v) is 6.69. The molecule has 2 aromatic carbocycles. The Hall–Kier alpha value is -3.32. The van der Waals surface area contributed by atoms with Crippen LogP contribution in [0.15, 0.2) is 53.1 Å². The van der Waals surface area contributed by atoms with Gasteiger partial charge in [0, 0.05) is 23.1 Å². The van der Waals surface area contributed by atoms with Crippen molar-refractivity contribution in [3.63, 3.8) is 0 Å². The zero-order valence-corrected chi connectivity index (χ0v) is 16.8. The van der Waals surface area contributed by atoms with Gasteiger partial charge in [0.25, 0.3) is 0 Å². The molecule has 29 heavy (non-hydrogen) atoms. The van der Waals surface area contributed by atoms with E-state index in [0.29, 0.717) is 39.0 Å². The fourth-order valence-electron chi connectivity index (χ4n) is 2.71. The fraction of sp³-hybridized carbons (Fsp3) is 0.190. The average molecular weight is 415 g/mol. The Balaban J connectivity index is 1.75. The Kier molecular flexibility index (Phi) is 6.19. The van der Waals surface area contributed by atoms with E-state index in [2.05, 4.69) is 10.5 Å². The van der Waals surface area contributed by atoms with E-state index in [1.807, 2.05) is 6.07 Å². The van der Waals surface area contributed by atoms with Crippen molar-refractivity contribution in [2.24, 2.45) is 0 Å². The van der Waals surface area contributed by atoms with Gasteiger partial charge in [0.1, 0.15) is 23.2 Å². The number of amides is 1. The summed E-state index contributed by atoms with van der Waals surface area (Å²) in [6.07, 6.45) is -1.21. The molecule has 150 valence electrons. The second-order valence-electron chi connectivity index (χ2n) is 6.28. The number of rotatable bonds is 5. The zero-order valence-electron chi connectivity index (χ0n) is 16.1. The molecule has 0 fully saturated rings. The number of halogens is 1. The molecule has 3 rings (SSSR count). The standard InChI is InChI=1S/C21H19ClN2O5/c1-12-19(23-21(26)27-13(2)17-6-4-5-7-18(17)22)20(29-24-12)15-8-10-16(11-9-15)28-14(3)25/h4-11,13H,1-3H3,(H,23,26)/t13-/m1/s1. The Morgan fingerprint density at radius 3 is 2.48 bits per heavy atom. The molecule has 0 aliphatic rings. The molecular weight excluding hydrogens is 396 g/mol. The number of nitrogens with one attached hydrogen (secondary N) is 1. The number of benzene rings is 2. The highest BCUT2D eigenvalue weighted by molar-refractivity contribution is 6.31. The first-order valence-corrected chi connectivity index (χ1v) is 9.20. The monoisotopic (exact) mass is 414 g/mol. The topological polar surface area (TPSA) is 90.7 Å². The van der Waals surface area contributed by atoms with Crippen LogP contribution >= 0.6 is 11.6 Å². The van der Waals surface area contributed by atoms with E-state index in [4.69, 9.17) is 25.6 Å². The third-order valence-electron chi connectivity index (χ3n) is 4.09. The van der Waals surface area contributed by atoms with Crippen molar-refractivity contribution in [1.29, 1.82) is 0 Å². The van der Waals surface area contributed by atoms with E-state index in [1.165, 1.54) is 6.92 Å². The maximum absolute atomic E-state index is 12.4. The van der Waals surface area contributed by atoms with E-state index in [1.54, 1.807) is 56.3 Å². The first-order chi connectivity index (χ1) is 13.8. The molecule has 0 unspecified atom stereocenters. The van der Waals surface area contributed by atoms with Crippen molar-refractivity contribution in [2.45, 2.75) is 26.9 Å². The summed E-state index contributed by atoms with van der Waals surface area (Å²) in [6, 6.07) is 13.8. The number of aryl methyl sites for hydroxylation is 1. The van der Waals surface area contributed by atoms with Gasteiger partial charge < -0.3 is 14.0 Å². The highest BCUT2D eigenvalue weighted by atomic mass is 35.5. The normalized spacial score (nSPS) is 11.6. The minimum absolute atomic E-state index is 0.360. The van der Waals surface area contributed by atoms with Gasteiger partial charge in [0.2, 0.25) is 0 Å². The van der Waals surface area contributed by atoms with Gasteiger partial charge in [-0.3, -0.25) is 10.1 Å². The van der Waals surface area contributed by atoms with Crippen LogP contribution in [0.25, 0.3) is 11.3 Å². The Morgan fingerprint density at radius 2 is 1.83 bits per heavy atom. The van der Waals surface area contributed by atoms with Crippen molar-refractivity contribution in [3.8, 4) is 17.1 Å². The number of anilines is 1. The minimum Gasteiger partial charge on any atom is -0.441 e. The molecule has 0 bridgehead atoms. The molecule has 1 atom stereocenters. The van der Waals surface area contributed by atoms with Crippen LogP contribution < -0.4 is 10.1 Å². The van der Waals surface area contributed by atoms with Crippen LogP contribution in [0, 0.1) is 6.92 Å². The summed E-state index contributed by atoms with van der Waals surface area (Å²) in [5, 5.41) is 7.11. The predicted octanol–water partition coefficient (Wildman–Crippen LogP) is 5.54. The lowest BCUT2D eigenvalue weighted by molar-refractivity contribution is -0.131. The second kappa shape index (κ2) is 8.79. The zero-order chi connectivity index (χ0) is 21.0. The third-order valence-corrected chi connectivity index (χ3v) is 4.44. The summed E-state index contributed by atoms with van der Waals surface area (Å²) < 4.78 is 15.8. The molecule has 1 heterocycles. The van der Waals surface area contributed by atoms with Gasteiger partial charge in [-0.05, 0) is 44.2 Å². The highest BCUT2D eigenvalue weighted by Gasteiger charge is 2.20. The molecule has 1 amide bonds. The number of ether oxygens (including phenoxy) is 2. The van der Waals surface area contributed by atoms with E-state index in [-0.39, 0.29) is 0 Å². The maximum atomic E-state index is 12.4. The van der Waals surface area contributed by atoms with Crippen LogP contribution in [0.4, 0.5) is 10.5 Å². The van der Waals surface area contributed by atoms with Crippen molar-refractivity contribution >= 4 is 29.4 Å². The summed E-state index contributed by atoms with van der Waals surface area (Å²) in [7, 11) is 0. The summed E-state index contributed by atoms with van der Waals surface area (Å²) >= 11 is 6.15. The fourth-order valence-corrected chi connectivity index (χ4v) is 3.00. The van der Waals surface area contributed by atoms with Crippen molar-refractivity contribution in [3.05, 3.63) is 64.8 Å². The Morgan fingerprint density at radius 1 is 1.14 bits per heavy atom. The van der Waals surface area contributed by atoms with Crippen LogP contribution in [-0.4, -0.2) is 17.2 Å². The highest BCUT2D eigenvalue weighted by Crippen LogP contribution is 2.33. The van der Waals surface area contributed by atoms with Crippen LogP contribution in [-0.2, 0) is 9.53 Å². The van der Waals surface area contributed by atoms with Crippen molar-refractivity contribution in [2.75, 3.05) is 5.32 Å². The Labute approximate surface area is 172 Å². The predicted molar refractivity (Wildman–Crippen MR) is 108 cm³/mol. The van der Waals surface area contributed by atoms with E-state index < -0.39 is 18.2 Å². The molecule has 0 aliphatic carbocycles. The number of esters is 1. The lowest BCUT2D eigenvalue weighted by atomic mass is 10.1. The van der Waals surface area contributed by atoms with Crippen LogP contribution in [0.3, 0.4) is 0 Å². The molecular formula is C21H19ClN2O5. The molecule has 0 saturated heterocycles. The molecule has 8 heteroatoms. The van der Waals surface area contributed by atoms with Crippen LogP contribution in [0.1, 0.15) is 31.2 Å². The van der Waals surface area contributed by atoms with Gasteiger partial charge in [0.15, 0.2) is 5.76 Å². The smallest absolute Gasteiger partial charge is 0.412 e. The quantitative estimate of drug-likeness (QED) is 0.435. The van der Waals surface area contributed by atoms with Crippen LogP contribution in [0.2, 0.25) is 5.02 Å². The number of hydrogen-bond acceptors (Lipinski definition) is 6. The van der Waals surface area contributed by atoms with Gasteiger partial charge in [-0.2, -0.15) is 0 Å². The molecule has 7 nitrogen and oxygen atoms in total. The van der Waals surface area contributed by atoms with E-state index in [0.717, 1.165) is 0 Å². The summed E-state index contributed by atoms with van der Waals surface area (Å²) in [5.41, 5.74) is 2.23. The number of aromatic nitrogens is 1. The molecule has 1 aromatic heterocycles. The average Bonchev–Trinajstić information content (AvgIpc) is 3.02. The van der Waals surface area contributed by atoms with E-state index in [9.17, 15) is 9.59 Å². The minimum atomic E-state index is -0.665. The molecule has 0 radical (unpaired) electrons. The summed E-state index contributed by atoms with van der Waals surface area (Å²) in [5.74, 6) is 0.352. The largest absolute Gasteiger partial charge is 0.441 e. The number of hydrogen-bond donors (Lipinski definition) is 1. The first kappa shape index (κ1) is 20.4.